The van der Waals surface area contributed by atoms with Gasteiger partial charge in [0.15, 0.2) is 0 Å². The van der Waals surface area contributed by atoms with Gasteiger partial charge in [-0.15, -0.1) is 0 Å². The number of ether oxygens (including phenoxy) is 1. The standard InChI is InChI=1S/C11H18ClNO2/c1-2-15-11(14)10-6-3-4-8-13(10)9-5-7-12/h5,7,10H,2-4,6,8-9H2,1H3/b7-5+. The van der Waals surface area contributed by atoms with Gasteiger partial charge < -0.3 is 4.74 Å². The van der Waals surface area contributed by atoms with E-state index < -0.39 is 0 Å². The number of hydrogen-bond acceptors (Lipinski definition) is 3. The summed E-state index contributed by atoms with van der Waals surface area (Å²) in [6.45, 7) is 3.97. The maximum Gasteiger partial charge on any atom is 0.323 e. The minimum absolute atomic E-state index is 0.0773. The molecule has 1 aliphatic rings. The molecule has 1 saturated heterocycles. The van der Waals surface area contributed by atoms with E-state index in [1.807, 2.05) is 13.0 Å². The molecule has 0 radical (unpaired) electrons. The molecule has 0 aliphatic carbocycles. The van der Waals surface area contributed by atoms with Gasteiger partial charge in [-0.05, 0) is 26.3 Å². The van der Waals surface area contributed by atoms with Crippen LogP contribution in [-0.2, 0) is 9.53 Å². The predicted molar refractivity (Wildman–Crippen MR) is 60.8 cm³/mol. The third-order valence-corrected chi connectivity index (χ3v) is 2.78. The zero-order valence-electron chi connectivity index (χ0n) is 9.12. The highest BCUT2D eigenvalue weighted by Gasteiger charge is 2.28. The molecule has 1 aliphatic heterocycles. The minimum Gasteiger partial charge on any atom is -0.465 e. The first kappa shape index (κ1) is 12.5. The van der Waals surface area contributed by atoms with Crippen molar-refractivity contribution < 1.29 is 9.53 Å². The number of rotatable bonds is 4. The number of halogens is 1. The van der Waals surface area contributed by atoms with Crippen LogP contribution < -0.4 is 0 Å². The van der Waals surface area contributed by atoms with Crippen LogP contribution in [0.1, 0.15) is 26.2 Å². The normalized spacial score (nSPS) is 23.2. The van der Waals surface area contributed by atoms with E-state index in [-0.39, 0.29) is 12.0 Å². The largest absolute Gasteiger partial charge is 0.465 e. The van der Waals surface area contributed by atoms with Crippen molar-refractivity contribution >= 4 is 17.6 Å². The highest BCUT2D eigenvalue weighted by atomic mass is 35.5. The molecule has 0 spiro atoms. The quantitative estimate of drug-likeness (QED) is 0.695. The van der Waals surface area contributed by atoms with Crippen molar-refractivity contribution in [3.63, 3.8) is 0 Å². The van der Waals surface area contributed by atoms with E-state index in [0.717, 1.165) is 32.4 Å². The fourth-order valence-corrected chi connectivity index (χ4v) is 1.97. The number of carbonyl (C=O) groups excluding carboxylic acids is 1. The summed E-state index contributed by atoms with van der Waals surface area (Å²) in [4.78, 5) is 13.8. The summed E-state index contributed by atoms with van der Waals surface area (Å²) < 4.78 is 5.05. The lowest BCUT2D eigenvalue weighted by Gasteiger charge is -2.32. The van der Waals surface area contributed by atoms with Gasteiger partial charge in [-0.2, -0.15) is 0 Å². The Morgan fingerprint density at radius 1 is 1.60 bits per heavy atom. The van der Waals surface area contributed by atoms with E-state index in [2.05, 4.69) is 4.90 Å². The van der Waals surface area contributed by atoms with Gasteiger partial charge in [-0.1, -0.05) is 24.1 Å². The summed E-state index contributed by atoms with van der Waals surface area (Å²) in [7, 11) is 0. The van der Waals surface area contributed by atoms with Crippen molar-refractivity contribution in [1.82, 2.24) is 4.90 Å². The molecule has 0 N–H and O–H groups in total. The average molecular weight is 232 g/mol. The van der Waals surface area contributed by atoms with Crippen LogP contribution in [0.4, 0.5) is 0 Å². The van der Waals surface area contributed by atoms with Crippen LogP contribution in [0, 0.1) is 0 Å². The fraction of sp³-hybridized carbons (Fsp3) is 0.727. The average Bonchev–Trinajstić information content (AvgIpc) is 2.27. The molecule has 4 heteroatoms. The number of likely N-dealkylation sites (tertiary alicyclic amines) is 1. The molecule has 1 rings (SSSR count). The zero-order chi connectivity index (χ0) is 11.1. The van der Waals surface area contributed by atoms with Crippen LogP contribution >= 0.6 is 11.6 Å². The molecule has 1 unspecified atom stereocenters. The van der Waals surface area contributed by atoms with Gasteiger partial charge >= 0.3 is 5.97 Å². The van der Waals surface area contributed by atoms with Crippen LogP contribution in [0.25, 0.3) is 0 Å². The second-order valence-corrected chi connectivity index (χ2v) is 3.87. The Hall–Kier alpha value is -0.540. The van der Waals surface area contributed by atoms with Gasteiger partial charge in [0.25, 0.3) is 0 Å². The lowest BCUT2D eigenvalue weighted by molar-refractivity contribution is -0.150. The van der Waals surface area contributed by atoms with Crippen molar-refractivity contribution in [1.29, 1.82) is 0 Å². The Kier molecular flexibility index (Phi) is 5.73. The molecule has 0 bridgehead atoms. The lowest BCUT2D eigenvalue weighted by Crippen LogP contribution is -2.45. The number of piperidine rings is 1. The summed E-state index contributed by atoms with van der Waals surface area (Å²) in [5.41, 5.74) is 1.50. The summed E-state index contributed by atoms with van der Waals surface area (Å²) in [6, 6.07) is -0.0773. The van der Waals surface area contributed by atoms with Crippen molar-refractivity contribution in [3.05, 3.63) is 11.6 Å². The lowest BCUT2D eigenvalue weighted by atomic mass is 10.0. The van der Waals surface area contributed by atoms with Gasteiger partial charge in [0.2, 0.25) is 0 Å². The highest BCUT2D eigenvalue weighted by molar-refractivity contribution is 6.25. The number of esters is 1. The monoisotopic (exact) mass is 231 g/mol. The first-order chi connectivity index (χ1) is 7.29. The molecule has 15 heavy (non-hydrogen) atoms. The second kappa shape index (κ2) is 6.85. The first-order valence-corrected chi connectivity index (χ1v) is 5.89. The van der Waals surface area contributed by atoms with E-state index >= 15 is 0 Å². The van der Waals surface area contributed by atoms with Crippen LogP contribution in [0.5, 0.6) is 0 Å². The Morgan fingerprint density at radius 2 is 2.40 bits per heavy atom. The molecule has 0 aromatic carbocycles. The minimum atomic E-state index is -0.0971. The van der Waals surface area contributed by atoms with Crippen LogP contribution in [0.15, 0.2) is 11.6 Å². The van der Waals surface area contributed by atoms with E-state index in [9.17, 15) is 4.79 Å². The first-order valence-electron chi connectivity index (χ1n) is 5.45. The fourth-order valence-electron chi connectivity index (χ4n) is 1.89. The Labute approximate surface area is 96.0 Å². The number of nitrogens with zero attached hydrogens (tertiary/aromatic N) is 1. The van der Waals surface area contributed by atoms with Crippen molar-refractivity contribution in [2.45, 2.75) is 32.2 Å². The molecule has 1 fully saturated rings. The molecular weight excluding hydrogens is 214 g/mol. The molecule has 0 amide bonds. The third-order valence-electron chi connectivity index (χ3n) is 2.60. The molecule has 0 saturated carbocycles. The van der Waals surface area contributed by atoms with Gasteiger partial charge in [0.1, 0.15) is 6.04 Å². The van der Waals surface area contributed by atoms with Gasteiger partial charge in [0, 0.05) is 12.1 Å². The molecule has 0 aromatic heterocycles. The smallest absolute Gasteiger partial charge is 0.323 e. The Balaban J connectivity index is 2.52. The summed E-state index contributed by atoms with van der Waals surface area (Å²) >= 11 is 5.49. The van der Waals surface area contributed by atoms with Crippen LogP contribution in [0.2, 0.25) is 0 Å². The predicted octanol–water partition coefficient (Wildman–Crippen LogP) is 2.16. The van der Waals surface area contributed by atoms with Gasteiger partial charge in [-0.3, -0.25) is 9.69 Å². The molecule has 1 heterocycles. The Morgan fingerprint density at radius 3 is 3.07 bits per heavy atom. The van der Waals surface area contributed by atoms with Crippen molar-refractivity contribution in [3.8, 4) is 0 Å². The SMILES string of the molecule is CCOC(=O)C1CCCCN1C/C=C/Cl. The van der Waals surface area contributed by atoms with E-state index in [0.29, 0.717) is 6.61 Å². The van der Waals surface area contributed by atoms with Crippen molar-refractivity contribution in [2.24, 2.45) is 0 Å². The summed E-state index contributed by atoms with van der Waals surface area (Å²) in [6.07, 6.45) is 5.00. The topological polar surface area (TPSA) is 29.5 Å². The molecule has 3 nitrogen and oxygen atoms in total. The summed E-state index contributed by atoms with van der Waals surface area (Å²) in [5, 5.41) is 0. The number of hydrogen-bond donors (Lipinski definition) is 0. The van der Waals surface area contributed by atoms with Crippen LogP contribution in [-0.4, -0.2) is 36.6 Å². The van der Waals surface area contributed by atoms with Gasteiger partial charge in [-0.25, -0.2) is 0 Å². The van der Waals surface area contributed by atoms with Crippen LogP contribution in [0.3, 0.4) is 0 Å². The molecule has 1 atom stereocenters. The Bertz CT molecular complexity index is 231. The second-order valence-electron chi connectivity index (χ2n) is 3.62. The van der Waals surface area contributed by atoms with Gasteiger partial charge in [0.05, 0.1) is 6.61 Å². The van der Waals surface area contributed by atoms with E-state index in [1.165, 1.54) is 5.54 Å². The third kappa shape index (κ3) is 3.84. The van der Waals surface area contributed by atoms with Crippen molar-refractivity contribution in [2.75, 3.05) is 19.7 Å². The summed E-state index contributed by atoms with van der Waals surface area (Å²) in [5.74, 6) is -0.0971. The van der Waals surface area contributed by atoms with E-state index in [4.69, 9.17) is 16.3 Å². The maximum absolute atomic E-state index is 11.7. The molecule has 86 valence electrons. The maximum atomic E-state index is 11.7. The molecular formula is C11H18ClNO2. The van der Waals surface area contributed by atoms with E-state index in [1.54, 1.807) is 0 Å². The highest BCUT2D eigenvalue weighted by Crippen LogP contribution is 2.18. The zero-order valence-corrected chi connectivity index (χ0v) is 9.87. The number of carbonyl (C=O) groups is 1. The molecule has 0 aromatic rings.